The number of rotatable bonds is 2. The second-order valence-electron chi connectivity index (χ2n) is 4.91. The van der Waals surface area contributed by atoms with Crippen LogP contribution in [0.25, 0.3) is 0 Å². The van der Waals surface area contributed by atoms with E-state index in [0.29, 0.717) is 6.61 Å². The van der Waals surface area contributed by atoms with Crippen molar-refractivity contribution in [2.24, 2.45) is 0 Å². The van der Waals surface area contributed by atoms with Gasteiger partial charge in [-0.15, -0.1) is 10.3 Å². The zero-order chi connectivity index (χ0) is 10.3. The molecule has 0 spiro atoms. The molecule has 1 heterocycles. The maximum absolute atomic E-state index is 11.9. The van der Waals surface area contributed by atoms with Crippen LogP contribution >= 0.6 is 0 Å². The molecule has 1 fully saturated rings. The fourth-order valence-corrected chi connectivity index (χ4v) is 2.16. The molecule has 77 valence electrons. The van der Waals surface area contributed by atoms with Gasteiger partial charge >= 0.3 is 0 Å². The standard InChI is InChI=1S/C10H20NO2/c1-6-13-8-7-9(2,3)11(12)10(8,4)5/h8H,6-7H2,1-5H3. The highest BCUT2D eigenvalue weighted by Gasteiger charge is 2.52. The molecular weight excluding hydrogens is 166 g/mol. The van der Waals surface area contributed by atoms with Gasteiger partial charge in [0, 0.05) is 12.1 Å². The summed E-state index contributed by atoms with van der Waals surface area (Å²) >= 11 is 0. The van der Waals surface area contributed by atoms with Gasteiger partial charge in [-0.3, -0.25) is 0 Å². The summed E-state index contributed by atoms with van der Waals surface area (Å²) < 4.78 is 5.58. The van der Waals surface area contributed by atoms with Crippen molar-refractivity contribution >= 4 is 0 Å². The van der Waals surface area contributed by atoms with E-state index in [-0.39, 0.29) is 17.2 Å². The van der Waals surface area contributed by atoms with E-state index in [9.17, 15) is 5.21 Å². The molecule has 1 atom stereocenters. The molecule has 0 amide bonds. The summed E-state index contributed by atoms with van der Waals surface area (Å²) in [5, 5.41) is 13.1. The maximum atomic E-state index is 11.9. The van der Waals surface area contributed by atoms with Gasteiger partial charge in [-0.2, -0.15) is 0 Å². The molecule has 1 aliphatic heterocycles. The number of hydroxylamine groups is 2. The molecule has 1 rings (SSSR count). The fourth-order valence-electron chi connectivity index (χ4n) is 2.16. The van der Waals surface area contributed by atoms with E-state index in [1.165, 1.54) is 5.06 Å². The van der Waals surface area contributed by atoms with E-state index in [0.717, 1.165) is 6.42 Å². The molecule has 3 heteroatoms. The van der Waals surface area contributed by atoms with Gasteiger partial charge in [0.1, 0.15) is 0 Å². The minimum absolute atomic E-state index is 0.0602. The molecule has 0 aromatic rings. The second kappa shape index (κ2) is 3.23. The van der Waals surface area contributed by atoms with Crippen molar-refractivity contribution in [2.45, 2.75) is 58.2 Å². The lowest BCUT2D eigenvalue weighted by atomic mass is 9.97. The summed E-state index contributed by atoms with van der Waals surface area (Å²) in [6.07, 6.45) is 0.877. The minimum atomic E-state index is -0.389. The topological polar surface area (TPSA) is 32.4 Å². The van der Waals surface area contributed by atoms with Crippen LogP contribution in [0.5, 0.6) is 0 Å². The lowest BCUT2D eigenvalue weighted by Crippen LogP contribution is -2.48. The molecule has 3 nitrogen and oxygen atoms in total. The molecule has 0 bridgehead atoms. The van der Waals surface area contributed by atoms with Gasteiger partial charge in [-0.25, -0.2) is 0 Å². The van der Waals surface area contributed by atoms with E-state index < -0.39 is 0 Å². The van der Waals surface area contributed by atoms with Crippen LogP contribution in [0.15, 0.2) is 0 Å². The van der Waals surface area contributed by atoms with Crippen LogP contribution in [-0.4, -0.2) is 28.9 Å². The largest absolute Gasteiger partial charge is 0.376 e. The first-order valence-electron chi connectivity index (χ1n) is 4.91. The highest BCUT2D eigenvalue weighted by molar-refractivity contribution is 5.02. The van der Waals surface area contributed by atoms with Crippen molar-refractivity contribution in [1.82, 2.24) is 5.06 Å². The van der Waals surface area contributed by atoms with Gasteiger partial charge in [0.25, 0.3) is 0 Å². The molecular formula is C10H20NO2. The molecule has 1 aliphatic rings. The summed E-state index contributed by atoms with van der Waals surface area (Å²) in [4.78, 5) is 0. The van der Waals surface area contributed by atoms with E-state index in [1.54, 1.807) is 0 Å². The SMILES string of the molecule is CCOC1CC(C)(C)N([O])C1(C)C. The number of nitrogens with zero attached hydrogens (tertiary/aromatic N) is 1. The average molecular weight is 186 g/mol. The summed E-state index contributed by atoms with van der Waals surface area (Å²) in [7, 11) is 0. The normalized spacial score (nSPS) is 32.3. The Labute approximate surface area is 80.6 Å². The van der Waals surface area contributed by atoms with E-state index in [2.05, 4.69) is 0 Å². The molecule has 0 aromatic heterocycles. The van der Waals surface area contributed by atoms with Crippen LogP contribution in [-0.2, 0) is 9.94 Å². The Morgan fingerprint density at radius 2 is 1.92 bits per heavy atom. The van der Waals surface area contributed by atoms with Crippen LogP contribution in [0, 0.1) is 0 Å². The van der Waals surface area contributed by atoms with Crippen molar-refractivity contribution in [2.75, 3.05) is 6.61 Å². The Hall–Kier alpha value is -0.120. The third-order valence-electron chi connectivity index (χ3n) is 2.91. The van der Waals surface area contributed by atoms with Crippen LogP contribution in [0.2, 0.25) is 0 Å². The second-order valence-corrected chi connectivity index (χ2v) is 4.91. The van der Waals surface area contributed by atoms with Crippen LogP contribution in [0.4, 0.5) is 0 Å². The Bertz CT molecular complexity index is 189. The van der Waals surface area contributed by atoms with Crippen LogP contribution < -0.4 is 0 Å². The quantitative estimate of drug-likeness (QED) is 0.660. The monoisotopic (exact) mass is 186 g/mol. The maximum Gasteiger partial charge on any atom is 0.0795 e. The molecule has 0 aliphatic carbocycles. The van der Waals surface area contributed by atoms with Gasteiger partial charge in [-0.05, 0) is 41.0 Å². The first-order valence-corrected chi connectivity index (χ1v) is 4.91. The number of hydrogen-bond donors (Lipinski definition) is 0. The highest BCUT2D eigenvalue weighted by atomic mass is 16.5. The lowest BCUT2D eigenvalue weighted by Gasteiger charge is -2.33. The number of ether oxygens (including phenoxy) is 1. The molecule has 0 saturated carbocycles. The van der Waals surface area contributed by atoms with Crippen molar-refractivity contribution in [3.8, 4) is 0 Å². The minimum Gasteiger partial charge on any atom is -0.376 e. The van der Waals surface area contributed by atoms with Gasteiger partial charge in [0.15, 0.2) is 0 Å². The predicted molar refractivity (Wildman–Crippen MR) is 50.7 cm³/mol. The zero-order valence-corrected chi connectivity index (χ0v) is 9.26. The third kappa shape index (κ3) is 1.73. The van der Waals surface area contributed by atoms with Crippen molar-refractivity contribution in [3.63, 3.8) is 0 Å². The molecule has 1 unspecified atom stereocenters. The lowest BCUT2D eigenvalue weighted by molar-refractivity contribution is -0.253. The Morgan fingerprint density at radius 3 is 2.23 bits per heavy atom. The van der Waals surface area contributed by atoms with E-state index in [1.807, 2.05) is 34.6 Å². The zero-order valence-electron chi connectivity index (χ0n) is 9.26. The molecule has 1 saturated heterocycles. The Kier molecular flexibility index (Phi) is 2.72. The van der Waals surface area contributed by atoms with E-state index in [4.69, 9.17) is 4.74 Å². The van der Waals surface area contributed by atoms with Crippen molar-refractivity contribution < 1.29 is 9.94 Å². The molecule has 1 radical (unpaired) electrons. The first kappa shape index (κ1) is 11.0. The third-order valence-corrected chi connectivity index (χ3v) is 2.91. The predicted octanol–water partition coefficient (Wildman–Crippen LogP) is 2.00. The Balaban J connectivity index is 2.80. The molecule has 0 aromatic carbocycles. The van der Waals surface area contributed by atoms with Gasteiger partial charge in [-0.1, -0.05) is 0 Å². The first-order chi connectivity index (χ1) is 5.82. The molecule has 13 heavy (non-hydrogen) atoms. The summed E-state index contributed by atoms with van der Waals surface area (Å²) in [5.41, 5.74) is -0.678. The number of hydrogen-bond acceptors (Lipinski definition) is 2. The fraction of sp³-hybridized carbons (Fsp3) is 1.00. The van der Waals surface area contributed by atoms with Gasteiger partial charge < -0.3 is 4.74 Å². The van der Waals surface area contributed by atoms with Crippen LogP contribution in [0.1, 0.15) is 41.0 Å². The summed E-state index contributed by atoms with van der Waals surface area (Å²) in [6, 6.07) is 0. The van der Waals surface area contributed by atoms with Gasteiger partial charge in [0.2, 0.25) is 0 Å². The average Bonchev–Trinajstić information content (AvgIpc) is 2.14. The Morgan fingerprint density at radius 1 is 1.38 bits per heavy atom. The van der Waals surface area contributed by atoms with E-state index >= 15 is 0 Å². The van der Waals surface area contributed by atoms with Crippen molar-refractivity contribution in [1.29, 1.82) is 0 Å². The summed E-state index contributed by atoms with van der Waals surface area (Å²) in [5.74, 6) is 0. The highest BCUT2D eigenvalue weighted by Crippen LogP contribution is 2.40. The molecule has 0 N–H and O–H groups in total. The summed E-state index contributed by atoms with van der Waals surface area (Å²) in [6.45, 7) is 10.5. The van der Waals surface area contributed by atoms with Crippen molar-refractivity contribution in [3.05, 3.63) is 0 Å². The van der Waals surface area contributed by atoms with Gasteiger partial charge in [0.05, 0.1) is 11.6 Å². The smallest absolute Gasteiger partial charge is 0.0795 e. The van der Waals surface area contributed by atoms with Crippen LogP contribution in [0.3, 0.4) is 0 Å².